The number of alkyl halides is 3. The summed E-state index contributed by atoms with van der Waals surface area (Å²) in [5.41, 5.74) is -0.935. The summed E-state index contributed by atoms with van der Waals surface area (Å²) in [4.78, 5) is 7.42. The quantitative estimate of drug-likeness (QED) is 0.803. The summed E-state index contributed by atoms with van der Waals surface area (Å²) in [5, 5.41) is 0. The van der Waals surface area contributed by atoms with Crippen molar-refractivity contribution in [2.24, 2.45) is 0 Å². The van der Waals surface area contributed by atoms with Gasteiger partial charge < -0.3 is 4.74 Å². The fraction of sp³-hybridized carbons (Fsp3) is 0.600. The van der Waals surface area contributed by atoms with Crippen molar-refractivity contribution in [3.05, 3.63) is 17.6 Å². The van der Waals surface area contributed by atoms with Crippen LogP contribution >= 0.6 is 0 Å². The highest BCUT2D eigenvalue weighted by Gasteiger charge is 2.35. The molecule has 0 radical (unpaired) electrons. The van der Waals surface area contributed by atoms with Crippen LogP contribution in [-0.2, 0) is 12.6 Å². The number of methoxy groups -OCH3 is 1. The van der Waals surface area contributed by atoms with Crippen molar-refractivity contribution >= 4 is 0 Å². The largest absolute Gasteiger partial charge is 0.480 e. The molecule has 6 heteroatoms. The molecule has 16 heavy (non-hydrogen) atoms. The van der Waals surface area contributed by atoms with Gasteiger partial charge in [0.2, 0.25) is 5.88 Å². The number of hydrogen-bond donors (Lipinski definition) is 0. The third-order valence-electron chi connectivity index (χ3n) is 2.06. The van der Waals surface area contributed by atoms with Crippen LogP contribution in [-0.4, -0.2) is 17.1 Å². The van der Waals surface area contributed by atoms with Gasteiger partial charge in [-0.25, -0.2) is 4.98 Å². The van der Waals surface area contributed by atoms with Crippen molar-refractivity contribution in [1.29, 1.82) is 0 Å². The van der Waals surface area contributed by atoms with Gasteiger partial charge in [-0.1, -0.05) is 13.3 Å². The van der Waals surface area contributed by atoms with Crippen LogP contribution < -0.4 is 4.74 Å². The molecule has 0 saturated heterocycles. The molecule has 0 N–H and O–H groups in total. The second-order valence-electron chi connectivity index (χ2n) is 3.31. The Kier molecular flexibility index (Phi) is 4.09. The minimum absolute atomic E-state index is 0.381. The first kappa shape index (κ1) is 12.7. The van der Waals surface area contributed by atoms with Gasteiger partial charge in [0.1, 0.15) is 11.4 Å². The van der Waals surface area contributed by atoms with E-state index in [4.69, 9.17) is 0 Å². The topological polar surface area (TPSA) is 35.0 Å². The normalized spacial score (nSPS) is 11.6. The fourth-order valence-electron chi connectivity index (χ4n) is 1.21. The summed E-state index contributed by atoms with van der Waals surface area (Å²) in [5.74, 6) is -0.0275. The number of hydrogen-bond acceptors (Lipinski definition) is 3. The molecule has 0 bridgehead atoms. The van der Waals surface area contributed by atoms with Crippen LogP contribution in [0.15, 0.2) is 6.20 Å². The van der Waals surface area contributed by atoms with Gasteiger partial charge in [0.05, 0.1) is 7.11 Å². The molecule has 0 unspecified atom stereocenters. The van der Waals surface area contributed by atoms with Crippen LogP contribution in [0.1, 0.15) is 31.2 Å². The van der Waals surface area contributed by atoms with Crippen LogP contribution in [0.25, 0.3) is 0 Å². The molecular weight excluding hydrogens is 221 g/mol. The molecule has 1 rings (SSSR count). The number of rotatable bonds is 4. The highest BCUT2D eigenvalue weighted by atomic mass is 19.4. The maximum atomic E-state index is 12.5. The average Bonchev–Trinajstić information content (AvgIpc) is 2.24. The molecule has 1 aromatic heterocycles. The zero-order chi connectivity index (χ0) is 12.2. The Bertz CT molecular complexity index is 352. The lowest BCUT2D eigenvalue weighted by atomic mass is 10.2. The van der Waals surface area contributed by atoms with E-state index in [0.29, 0.717) is 12.2 Å². The van der Waals surface area contributed by atoms with Gasteiger partial charge >= 0.3 is 6.18 Å². The highest BCUT2D eigenvalue weighted by Crippen LogP contribution is 2.34. The van der Waals surface area contributed by atoms with Crippen molar-refractivity contribution in [3.63, 3.8) is 0 Å². The Balaban J connectivity index is 2.98. The van der Waals surface area contributed by atoms with Crippen LogP contribution in [0.2, 0.25) is 0 Å². The molecule has 1 aromatic rings. The van der Waals surface area contributed by atoms with Crippen LogP contribution in [0.4, 0.5) is 13.2 Å². The summed E-state index contributed by atoms with van der Waals surface area (Å²) in [7, 11) is 1.17. The molecule has 0 aliphatic rings. The Morgan fingerprint density at radius 3 is 2.56 bits per heavy atom. The minimum atomic E-state index is -4.48. The van der Waals surface area contributed by atoms with E-state index in [-0.39, 0.29) is 0 Å². The van der Waals surface area contributed by atoms with E-state index in [9.17, 15) is 13.2 Å². The standard InChI is InChI=1S/C10H13F3N2O/c1-3-4-5-8-14-6-7(10(11,12)13)9(15-8)16-2/h6H,3-5H2,1-2H3. The Morgan fingerprint density at radius 2 is 2.06 bits per heavy atom. The number of aryl methyl sites for hydroxylation is 1. The van der Waals surface area contributed by atoms with Gasteiger partial charge in [-0.3, -0.25) is 0 Å². The molecule has 3 nitrogen and oxygen atoms in total. The smallest absolute Gasteiger partial charge is 0.423 e. The predicted octanol–water partition coefficient (Wildman–Crippen LogP) is 2.85. The van der Waals surface area contributed by atoms with E-state index in [1.165, 1.54) is 7.11 Å². The molecule has 0 spiro atoms. The van der Waals surface area contributed by atoms with Gasteiger partial charge in [0, 0.05) is 12.6 Å². The van der Waals surface area contributed by atoms with Gasteiger partial charge in [-0.15, -0.1) is 0 Å². The van der Waals surface area contributed by atoms with Crippen molar-refractivity contribution in [2.75, 3.05) is 7.11 Å². The lowest BCUT2D eigenvalue weighted by Gasteiger charge is -2.11. The van der Waals surface area contributed by atoms with Crippen LogP contribution in [0, 0.1) is 0 Å². The molecule has 0 fully saturated rings. The first-order chi connectivity index (χ1) is 7.49. The third kappa shape index (κ3) is 3.08. The zero-order valence-corrected chi connectivity index (χ0v) is 9.14. The number of unbranched alkanes of at least 4 members (excludes halogenated alkanes) is 1. The summed E-state index contributed by atoms with van der Waals surface area (Å²) >= 11 is 0. The van der Waals surface area contributed by atoms with Crippen molar-refractivity contribution < 1.29 is 17.9 Å². The monoisotopic (exact) mass is 234 g/mol. The van der Waals surface area contributed by atoms with E-state index < -0.39 is 17.6 Å². The van der Waals surface area contributed by atoms with E-state index in [1.54, 1.807) is 0 Å². The van der Waals surface area contributed by atoms with E-state index >= 15 is 0 Å². The number of nitrogens with zero attached hydrogens (tertiary/aromatic N) is 2. The Labute approximate surface area is 91.7 Å². The summed E-state index contributed by atoms with van der Waals surface area (Å²) in [6, 6.07) is 0. The first-order valence-corrected chi connectivity index (χ1v) is 4.96. The molecule has 0 aliphatic carbocycles. The SMILES string of the molecule is CCCCc1ncc(C(F)(F)F)c(OC)n1. The van der Waals surface area contributed by atoms with Crippen LogP contribution in [0.5, 0.6) is 5.88 Å². The summed E-state index contributed by atoms with van der Waals surface area (Å²) < 4.78 is 42.0. The van der Waals surface area contributed by atoms with Crippen molar-refractivity contribution in [3.8, 4) is 5.88 Å². The Hall–Kier alpha value is -1.33. The molecule has 90 valence electrons. The molecule has 1 heterocycles. The zero-order valence-electron chi connectivity index (χ0n) is 9.14. The third-order valence-corrected chi connectivity index (χ3v) is 2.06. The summed E-state index contributed by atoms with van der Waals surface area (Å²) in [6.45, 7) is 1.99. The second kappa shape index (κ2) is 5.14. The molecule has 0 aliphatic heterocycles. The van der Waals surface area contributed by atoms with E-state index in [0.717, 1.165) is 19.0 Å². The van der Waals surface area contributed by atoms with Gasteiger partial charge in [-0.2, -0.15) is 18.2 Å². The van der Waals surface area contributed by atoms with Gasteiger partial charge in [-0.05, 0) is 6.42 Å². The summed E-state index contributed by atoms with van der Waals surface area (Å²) in [6.07, 6.45) is -1.36. The van der Waals surface area contributed by atoms with Gasteiger partial charge in [0.15, 0.2) is 0 Å². The number of aromatic nitrogens is 2. The van der Waals surface area contributed by atoms with Crippen molar-refractivity contribution in [1.82, 2.24) is 9.97 Å². The first-order valence-electron chi connectivity index (χ1n) is 4.96. The minimum Gasteiger partial charge on any atom is -0.480 e. The van der Waals surface area contributed by atoms with Crippen molar-refractivity contribution in [2.45, 2.75) is 32.4 Å². The molecular formula is C10H13F3N2O. The average molecular weight is 234 g/mol. The second-order valence-corrected chi connectivity index (χ2v) is 3.31. The fourth-order valence-corrected chi connectivity index (χ4v) is 1.21. The lowest BCUT2D eigenvalue weighted by Crippen LogP contribution is -2.11. The lowest BCUT2D eigenvalue weighted by molar-refractivity contribution is -0.139. The molecule has 0 amide bonds. The highest BCUT2D eigenvalue weighted by molar-refractivity contribution is 5.26. The molecule has 0 saturated carbocycles. The van der Waals surface area contributed by atoms with E-state index in [2.05, 4.69) is 14.7 Å². The Morgan fingerprint density at radius 1 is 1.38 bits per heavy atom. The van der Waals surface area contributed by atoms with Gasteiger partial charge in [0.25, 0.3) is 0 Å². The number of ether oxygens (including phenoxy) is 1. The molecule has 0 aromatic carbocycles. The maximum Gasteiger partial charge on any atom is 0.423 e. The van der Waals surface area contributed by atoms with E-state index in [1.807, 2.05) is 6.92 Å². The van der Waals surface area contributed by atoms with Crippen LogP contribution in [0.3, 0.4) is 0 Å². The number of halogens is 3. The maximum absolute atomic E-state index is 12.5. The molecule has 0 atom stereocenters. The predicted molar refractivity (Wildman–Crippen MR) is 52.2 cm³/mol.